The van der Waals surface area contributed by atoms with Crippen LogP contribution in [0.15, 0.2) is 87.9 Å². The third kappa shape index (κ3) is 7.81. The Hall–Kier alpha value is -4.41. The van der Waals surface area contributed by atoms with Crippen molar-refractivity contribution < 1.29 is 17.4 Å². The standard InChI is InChI=1S/C34H37ClN8O5S2/c1-41-15-11-26(12-16-41)48-25-7-5-24(6-8-25)39-34-38-21-23-19-29(33(44)43(32(23)40-34)18-17-42(2)50(4,46)47)31-30(35)20-28(22-37-31)49(3,45)27-9-13-36-14-10-27/h5-10,13-14,19-22,26H,3,11-12,15-18H2,1-2,4H3,(H,38,39,40). The molecule has 1 fully saturated rings. The van der Waals surface area contributed by atoms with Crippen LogP contribution in [-0.2, 0) is 26.1 Å². The van der Waals surface area contributed by atoms with Gasteiger partial charge < -0.3 is 15.0 Å². The number of aromatic nitrogens is 5. The highest BCUT2D eigenvalue weighted by Crippen LogP contribution is 2.30. The van der Waals surface area contributed by atoms with Crippen molar-refractivity contribution in [1.82, 2.24) is 33.7 Å². The number of ether oxygens (including phenoxy) is 1. The smallest absolute Gasteiger partial charge is 0.261 e. The molecule has 5 heterocycles. The molecule has 5 aromatic rings. The molecule has 1 N–H and O–H groups in total. The first-order valence-electron chi connectivity index (χ1n) is 15.8. The van der Waals surface area contributed by atoms with E-state index in [0.717, 1.165) is 42.2 Å². The number of benzene rings is 1. The van der Waals surface area contributed by atoms with Gasteiger partial charge in [0, 0.05) is 83.5 Å². The van der Waals surface area contributed by atoms with E-state index in [1.54, 1.807) is 24.4 Å². The number of rotatable bonds is 11. The summed E-state index contributed by atoms with van der Waals surface area (Å²) in [6.45, 7) is 1.99. The molecule has 262 valence electrons. The molecule has 1 aliphatic rings. The molecule has 16 heteroatoms. The lowest BCUT2D eigenvalue weighted by Gasteiger charge is -2.29. The summed E-state index contributed by atoms with van der Waals surface area (Å²) in [6.07, 6.45) is 9.22. The van der Waals surface area contributed by atoms with E-state index in [-0.39, 0.29) is 52.0 Å². The van der Waals surface area contributed by atoms with Gasteiger partial charge >= 0.3 is 0 Å². The summed E-state index contributed by atoms with van der Waals surface area (Å²) in [4.78, 5) is 34.7. The predicted octanol–water partition coefficient (Wildman–Crippen LogP) is 4.14. The van der Waals surface area contributed by atoms with Crippen LogP contribution in [0, 0.1) is 0 Å². The zero-order chi connectivity index (χ0) is 35.6. The van der Waals surface area contributed by atoms with E-state index < -0.39 is 25.1 Å². The van der Waals surface area contributed by atoms with Crippen molar-refractivity contribution in [1.29, 1.82) is 0 Å². The third-order valence-corrected chi connectivity index (χ3v) is 12.2. The van der Waals surface area contributed by atoms with Gasteiger partial charge in [-0.1, -0.05) is 11.6 Å². The molecule has 0 spiro atoms. The number of nitrogens with one attached hydrogen (secondary N) is 1. The quantitative estimate of drug-likeness (QED) is 0.195. The molecular weight excluding hydrogens is 700 g/mol. The summed E-state index contributed by atoms with van der Waals surface area (Å²) in [5.41, 5.74) is 0.798. The molecule has 1 aromatic carbocycles. The second kappa shape index (κ2) is 14.4. The van der Waals surface area contributed by atoms with E-state index in [9.17, 15) is 17.4 Å². The molecule has 1 aliphatic heterocycles. The minimum Gasteiger partial charge on any atom is -0.490 e. The monoisotopic (exact) mass is 736 g/mol. The molecule has 1 atom stereocenters. The van der Waals surface area contributed by atoms with Crippen LogP contribution in [0.25, 0.3) is 22.3 Å². The van der Waals surface area contributed by atoms with Gasteiger partial charge in [0.1, 0.15) is 17.5 Å². The van der Waals surface area contributed by atoms with Gasteiger partial charge in [0.05, 0.1) is 27.4 Å². The summed E-state index contributed by atoms with van der Waals surface area (Å²) >= 11 is 6.69. The number of likely N-dealkylation sites (tertiary alicyclic amines) is 1. The lowest BCUT2D eigenvalue weighted by molar-refractivity contribution is 0.114. The molecule has 4 aromatic heterocycles. The summed E-state index contributed by atoms with van der Waals surface area (Å²) in [5.74, 6) is 4.92. The van der Waals surface area contributed by atoms with Gasteiger partial charge in [-0.15, -0.1) is 0 Å². The van der Waals surface area contributed by atoms with Crippen LogP contribution in [-0.4, -0.2) is 98.3 Å². The molecule has 0 saturated carbocycles. The molecule has 0 amide bonds. The Bertz CT molecular complexity index is 2300. The highest BCUT2D eigenvalue weighted by molar-refractivity contribution is 8.00. The highest BCUT2D eigenvalue weighted by atomic mass is 35.5. The maximum atomic E-state index is 14.1. The van der Waals surface area contributed by atoms with Crippen molar-refractivity contribution in [3.8, 4) is 17.0 Å². The van der Waals surface area contributed by atoms with E-state index >= 15 is 0 Å². The van der Waals surface area contributed by atoms with Gasteiger partial charge in [0.15, 0.2) is 0 Å². The second-order valence-corrected chi connectivity index (χ2v) is 17.0. The van der Waals surface area contributed by atoms with E-state index in [1.807, 2.05) is 24.3 Å². The average Bonchev–Trinajstić information content (AvgIpc) is 3.09. The minimum absolute atomic E-state index is 0.00159. The Kier molecular flexibility index (Phi) is 10.2. The molecule has 0 aliphatic carbocycles. The first kappa shape index (κ1) is 35.4. The normalized spacial score (nSPS) is 15.6. The molecule has 0 bridgehead atoms. The summed E-state index contributed by atoms with van der Waals surface area (Å²) < 4.78 is 46.7. The predicted molar refractivity (Wildman–Crippen MR) is 196 cm³/mol. The van der Waals surface area contributed by atoms with E-state index in [2.05, 4.69) is 43.1 Å². The topological polar surface area (TPSA) is 153 Å². The number of pyridine rings is 3. The van der Waals surface area contributed by atoms with Crippen molar-refractivity contribution in [3.63, 3.8) is 0 Å². The van der Waals surface area contributed by atoms with Crippen LogP contribution in [0.3, 0.4) is 0 Å². The lowest BCUT2D eigenvalue weighted by atomic mass is 10.1. The Balaban J connectivity index is 1.33. The largest absolute Gasteiger partial charge is 0.490 e. The maximum absolute atomic E-state index is 14.1. The summed E-state index contributed by atoms with van der Waals surface area (Å²) in [6, 6.07) is 13.8. The summed E-state index contributed by atoms with van der Waals surface area (Å²) in [7, 11) is -2.93. The number of anilines is 2. The number of sulfonamides is 1. The number of hydrogen-bond donors (Lipinski definition) is 1. The van der Waals surface area contributed by atoms with Gasteiger partial charge in [0.2, 0.25) is 16.0 Å². The number of fused-ring (bicyclic) bond motifs is 1. The third-order valence-electron chi connectivity index (χ3n) is 8.59. The van der Waals surface area contributed by atoms with Crippen LogP contribution < -0.4 is 15.6 Å². The van der Waals surface area contributed by atoms with Crippen LogP contribution in [0.2, 0.25) is 5.02 Å². The number of halogens is 1. The van der Waals surface area contributed by atoms with Crippen LogP contribution in [0.1, 0.15) is 12.8 Å². The molecule has 13 nitrogen and oxygen atoms in total. The molecule has 1 saturated heterocycles. The fourth-order valence-electron chi connectivity index (χ4n) is 5.54. The van der Waals surface area contributed by atoms with Gasteiger partial charge in [-0.2, -0.15) is 4.98 Å². The number of piperidine rings is 1. The van der Waals surface area contributed by atoms with Crippen LogP contribution in [0.4, 0.5) is 11.6 Å². The fourth-order valence-corrected chi connectivity index (χ4v) is 7.65. The van der Waals surface area contributed by atoms with Gasteiger partial charge in [-0.05, 0) is 74.3 Å². The van der Waals surface area contributed by atoms with E-state index in [0.29, 0.717) is 16.0 Å². The molecular formula is C34H37ClN8O5S2. The van der Waals surface area contributed by atoms with Crippen molar-refractivity contribution >= 4 is 59.7 Å². The van der Waals surface area contributed by atoms with Crippen LogP contribution >= 0.6 is 11.6 Å². The van der Waals surface area contributed by atoms with Gasteiger partial charge in [0.25, 0.3) is 5.56 Å². The average molecular weight is 737 g/mol. The van der Waals surface area contributed by atoms with Crippen molar-refractivity contribution in [2.24, 2.45) is 0 Å². The maximum Gasteiger partial charge on any atom is 0.261 e. The first-order valence-corrected chi connectivity index (χ1v) is 19.7. The first-order chi connectivity index (χ1) is 23.8. The Morgan fingerprint density at radius 1 is 1.02 bits per heavy atom. The SMILES string of the molecule is C=S(=O)(c1ccncc1)c1cnc(-c2cc3cnc(Nc4ccc(OC5CCN(C)CC5)cc4)nc3n(CCN(C)S(C)(=O)=O)c2=O)c(Cl)c1. The van der Waals surface area contributed by atoms with Gasteiger partial charge in [-0.25, -0.2) is 17.7 Å². The Morgan fingerprint density at radius 3 is 2.38 bits per heavy atom. The zero-order valence-corrected chi connectivity index (χ0v) is 30.2. The Morgan fingerprint density at radius 2 is 1.72 bits per heavy atom. The molecule has 50 heavy (non-hydrogen) atoms. The van der Waals surface area contributed by atoms with Crippen molar-refractivity contribution in [2.45, 2.75) is 35.3 Å². The van der Waals surface area contributed by atoms with E-state index in [1.165, 1.54) is 36.3 Å². The Labute approximate surface area is 296 Å². The zero-order valence-electron chi connectivity index (χ0n) is 27.8. The summed E-state index contributed by atoms with van der Waals surface area (Å²) in [5, 5.41) is 3.76. The highest BCUT2D eigenvalue weighted by Gasteiger charge is 2.21. The van der Waals surface area contributed by atoms with Crippen molar-refractivity contribution in [2.75, 3.05) is 45.3 Å². The lowest BCUT2D eigenvalue weighted by Crippen LogP contribution is -2.35. The molecule has 6 rings (SSSR count). The number of nitrogens with zero attached hydrogens (tertiary/aromatic N) is 7. The minimum atomic E-state index is -3.52. The fraction of sp³-hybridized carbons (Fsp3) is 0.294. The van der Waals surface area contributed by atoms with Crippen LogP contribution in [0.5, 0.6) is 5.75 Å². The number of likely N-dealkylation sites (N-methyl/N-ethyl adjacent to an activating group) is 1. The number of hydrogen-bond acceptors (Lipinski definition) is 11. The molecule has 0 radical (unpaired) electrons. The van der Waals surface area contributed by atoms with E-state index in [4.69, 9.17) is 16.3 Å². The second-order valence-electron chi connectivity index (χ2n) is 12.2. The van der Waals surface area contributed by atoms with Gasteiger partial charge in [-0.3, -0.25) is 23.5 Å². The van der Waals surface area contributed by atoms with Crippen molar-refractivity contribution in [3.05, 3.63) is 88.7 Å². The molecule has 1 unspecified atom stereocenters.